The topological polar surface area (TPSA) is 118 Å². The number of methoxy groups -OCH3 is 2. The lowest BCUT2D eigenvalue weighted by Gasteiger charge is -2.30. The number of fused-ring (bicyclic) bond motifs is 6. The number of benzene rings is 3. The van der Waals surface area contributed by atoms with Crippen LogP contribution in [0.15, 0.2) is 70.9 Å². The molecule has 6 aliphatic rings. The molecule has 4 heterocycles. The first-order chi connectivity index (χ1) is 30.5. The third kappa shape index (κ3) is 7.86. The zero-order chi connectivity index (χ0) is 44.1. The molecule has 0 N–H and O–H groups in total. The number of hydrogen-bond acceptors (Lipinski definition) is 8. The fourth-order valence-corrected chi connectivity index (χ4v) is 11.9. The Hall–Kier alpha value is -5.38. The van der Waals surface area contributed by atoms with Crippen LogP contribution in [0.4, 0.5) is 0 Å². The fourth-order valence-electron chi connectivity index (χ4n) is 11.9. The Balaban J connectivity index is 0.956. The number of ether oxygens (including phenoxy) is 2. The Labute approximate surface area is 371 Å². The lowest BCUT2D eigenvalue weighted by atomic mass is 9.79. The summed E-state index contributed by atoms with van der Waals surface area (Å²) < 4.78 is 9.90. The van der Waals surface area contributed by atoms with Crippen LogP contribution >= 0.6 is 0 Å². The summed E-state index contributed by atoms with van der Waals surface area (Å²) in [5.41, 5.74) is 12.5. The van der Waals surface area contributed by atoms with Crippen molar-refractivity contribution in [3.8, 4) is 11.1 Å². The maximum Gasteiger partial charge on any atom is 0.306 e. The monoisotopic (exact) mass is 850 g/mol. The van der Waals surface area contributed by atoms with Crippen LogP contribution in [0.3, 0.4) is 0 Å². The summed E-state index contributed by atoms with van der Waals surface area (Å²) in [5, 5.41) is 2.43. The van der Waals surface area contributed by atoms with Crippen molar-refractivity contribution < 1.29 is 28.7 Å². The van der Waals surface area contributed by atoms with Crippen LogP contribution in [-0.2, 0) is 28.7 Å². The summed E-state index contributed by atoms with van der Waals surface area (Å²) in [6.07, 6.45) is 12.9. The highest BCUT2D eigenvalue weighted by Gasteiger charge is 2.43. The fraction of sp³-hybridized carbons (Fsp3) is 0.509. The number of rotatable bonds is 13. The summed E-state index contributed by atoms with van der Waals surface area (Å²) in [6, 6.07) is 17.9. The second-order valence-corrected chi connectivity index (χ2v) is 19.4. The molecule has 3 aromatic rings. The summed E-state index contributed by atoms with van der Waals surface area (Å²) in [6.45, 7) is 9.37. The molecule has 2 amide bonds. The van der Waals surface area contributed by atoms with Gasteiger partial charge in [-0.15, -0.1) is 0 Å². The number of esters is 2. The van der Waals surface area contributed by atoms with Crippen LogP contribution in [0.5, 0.6) is 0 Å². The Morgan fingerprint density at radius 1 is 0.603 bits per heavy atom. The number of amides is 2. The van der Waals surface area contributed by atoms with Gasteiger partial charge in [0.15, 0.2) is 0 Å². The third-order valence-electron chi connectivity index (χ3n) is 15.3. The van der Waals surface area contributed by atoms with Crippen molar-refractivity contribution in [3.05, 3.63) is 83.2 Å². The highest BCUT2D eigenvalue weighted by Crippen LogP contribution is 2.58. The number of carbonyl (C=O) groups is 4. The summed E-state index contributed by atoms with van der Waals surface area (Å²) in [5.74, 6) is -0.358. The van der Waals surface area contributed by atoms with Gasteiger partial charge in [0.1, 0.15) is 0 Å². The molecule has 2 bridgehead atoms. The van der Waals surface area contributed by atoms with Gasteiger partial charge in [-0.25, -0.2) is 0 Å². The molecule has 3 aromatic carbocycles. The molecule has 0 radical (unpaired) electrons. The molecule has 2 aliphatic carbocycles. The molecule has 10 nitrogen and oxygen atoms in total. The molecule has 63 heavy (non-hydrogen) atoms. The van der Waals surface area contributed by atoms with Gasteiger partial charge in [-0.05, 0) is 124 Å². The summed E-state index contributed by atoms with van der Waals surface area (Å²) in [4.78, 5) is 66.4. The van der Waals surface area contributed by atoms with Gasteiger partial charge in [-0.3, -0.25) is 29.2 Å². The average Bonchev–Trinajstić information content (AvgIpc) is 4.16. The number of hydrogen-bond donors (Lipinski definition) is 0. The van der Waals surface area contributed by atoms with E-state index in [4.69, 9.17) is 19.5 Å². The third-order valence-corrected chi connectivity index (χ3v) is 15.3. The van der Waals surface area contributed by atoms with E-state index >= 15 is 0 Å². The summed E-state index contributed by atoms with van der Waals surface area (Å²) >= 11 is 0. The first kappa shape index (κ1) is 42.9. The van der Waals surface area contributed by atoms with Crippen LogP contribution < -0.4 is 0 Å². The van der Waals surface area contributed by atoms with E-state index in [9.17, 15) is 19.2 Å². The minimum absolute atomic E-state index is 0.0209. The van der Waals surface area contributed by atoms with Crippen molar-refractivity contribution >= 4 is 57.1 Å². The van der Waals surface area contributed by atoms with E-state index in [2.05, 4.69) is 54.7 Å². The van der Waals surface area contributed by atoms with Gasteiger partial charge < -0.3 is 19.3 Å². The van der Waals surface area contributed by atoms with Gasteiger partial charge in [0.25, 0.3) is 0 Å². The lowest BCUT2D eigenvalue weighted by molar-refractivity contribution is -0.148. The number of likely N-dealkylation sites (tertiary alicyclic amines) is 2. The second kappa shape index (κ2) is 17.6. The van der Waals surface area contributed by atoms with Crippen molar-refractivity contribution in [1.29, 1.82) is 0 Å². The SMILES string of the molecule is COC(=O)C[C@H](C(=O)N1CCC[C@H]1C1=NC=C(c2ccc(-c3ccc(C4=CN=C([C@@H]5CCCN5C(=O)[C@@H](CC(=O)OC)C(C)C)C4)c4ccccc34)c3c2C2CCC3C2)C1)C(C)C. The highest BCUT2D eigenvalue weighted by atomic mass is 16.5. The molecule has 2 saturated heterocycles. The maximum atomic E-state index is 13.9. The Bertz CT molecular complexity index is 2480. The molecule has 0 aromatic heterocycles. The summed E-state index contributed by atoms with van der Waals surface area (Å²) in [7, 11) is 2.76. The predicted molar refractivity (Wildman–Crippen MR) is 248 cm³/mol. The second-order valence-electron chi connectivity index (χ2n) is 19.4. The Morgan fingerprint density at radius 3 is 1.56 bits per heavy atom. The molecule has 6 atom stereocenters. The molecule has 4 aliphatic heterocycles. The smallest absolute Gasteiger partial charge is 0.306 e. The maximum absolute atomic E-state index is 13.9. The first-order valence-electron chi connectivity index (χ1n) is 23.4. The van der Waals surface area contributed by atoms with E-state index in [0.717, 1.165) is 49.1 Å². The number of aliphatic imine (C=N–C) groups is 2. The van der Waals surface area contributed by atoms with E-state index in [-0.39, 0.29) is 60.5 Å². The van der Waals surface area contributed by atoms with Crippen LogP contribution in [0, 0.1) is 23.7 Å². The van der Waals surface area contributed by atoms with Gasteiger partial charge >= 0.3 is 11.9 Å². The molecule has 9 rings (SSSR count). The van der Waals surface area contributed by atoms with Crippen LogP contribution in [0.1, 0.15) is 132 Å². The highest BCUT2D eigenvalue weighted by molar-refractivity contribution is 6.10. The normalized spacial score (nSPS) is 23.6. The molecule has 1 saturated carbocycles. The van der Waals surface area contributed by atoms with E-state index in [0.29, 0.717) is 31.3 Å². The largest absolute Gasteiger partial charge is 0.469 e. The van der Waals surface area contributed by atoms with E-state index in [1.807, 2.05) is 43.7 Å². The lowest BCUT2D eigenvalue weighted by Crippen LogP contribution is -2.45. The van der Waals surface area contributed by atoms with Gasteiger partial charge in [0.05, 0.1) is 51.0 Å². The van der Waals surface area contributed by atoms with Crippen molar-refractivity contribution in [1.82, 2.24) is 9.80 Å². The average molecular weight is 851 g/mol. The van der Waals surface area contributed by atoms with E-state index in [1.165, 1.54) is 83.2 Å². The zero-order valence-electron chi connectivity index (χ0n) is 37.8. The van der Waals surface area contributed by atoms with Crippen molar-refractivity contribution in [3.63, 3.8) is 0 Å². The number of nitrogens with zero attached hydrogens (tertiary/aromatic N) is 4. The van der Waals surface area contributed by atoms with Crippen molar-refractivity contribution in [2.75, 3.05) is 27.3 Å². The van der Waals surface area contributed by atoms with Gasteiger partial charge in [0, 0.05) is 49.8 Å². The quantitative estimate of drug-likeness (QED) is 0.158. The predicted octanol–water partition coefficient (Wildman–Crippen LogP) is 9.90. The van der Waals surface area contributed by atoms with Crippen LogP contribution in [0.2, 0.25) is 0 Å². The zero-order valence-corrected chi connectivity index (χ0v) is 37.8. The molecule has 2 unspecified atom stereocenters. The Kier molecular flexibility index (Phi) is 12.0. The van der Waals surface area contributed by atoms with Gasteiger partial charge in [-0.1, -0.05) is 76.2 Å². The van der Waals surface area contributed by atoms with Crippen molar-refractivity contribution in [2.24, 2.45) is 33.7 Å². The van der Waals surface area contributed by atoms with E-state index in [1.54, 1.807) is 0 Å². The van der Waals surface area contributed by atoms with Crippen LogP contribution in [0.25, 0.3) is 33.0 Å². The standard InChI is InChI=1S/C53H62N4O6/c1-30(2)42(26-48(58)62-5)52(60)56-21-9-13-46(56)44-24-34(28-54-44)36-17-19-40(39-12-8-7-11-38(36)39)41-20-18-37(50-32-15-16-33(23-32)51(41)50)35-25-45(55-29-35)47-14-10-22-57(47)53(61)43(31(3)4)27-49(59)63-6/h7-8,11-12,17-20,28-33,42-43,46-47H,9-10,13-16,21-27H2,1-6H3/t32?,33?,42-,43-,46-,47-/m0/s1. The van der Waals surface area contributed by atoms with Gasteiger partial charge in [0.2, 0.25) is 11.8 Å². The molecule has 330 valence electrons. The molecule has 3 fully saturated rings. The first-order valence-corrected chi connectivity index (χ1v) is 23.4. The van der Waals surface area contributed by atoms with Gasteiger partial charge in [-0.2, -0.15) is 0 Å². The molecule has 10 heteroatoms. The minimum atomic E-state index is -0.417. The molecular formula is C53H62N4O6. The van der Waals surface area contributed by atoms with Crippen LogP contribution in [-0.4, -0.2) is 84.4 Å². The minimum Gasteiger partial charge on any atom is -0.469 e. The molecular weight excluding hydrogens is 789 g/mol. The number of carbonyl (C=O) groups excluding carboxylic acids is 4. The van der Waals surface area contributed by atoms with Crippen molar-refractivity contribution in [2.45, 2.75) is 122 Å². The van der Waals surface area contributed by atoms with E-state index < -0.39 is 11.8 Å². The number of allylic oxidation sites excluding steroid dienone is 2. The molecule has 0 spiro atoms. The Morgan fingerprint density at radius 2 is 1.05 bits per heavy atom.